The van der Waals surface area contributed by atoms with E-state index in [4.69, 9.17) is 66.5 Å². The van der Waals surface area contributed by atoms with Crippen LogP contribution in [0.3, 0.4) is 0 Å². The second-order valence-electron chi connectivity index (χ2n) is 9.47. The number of halogens is 6. The highest BCUT2D eigenvalue weighted by atomic mass is 35.8. The summed E-state index contributed by atoms with van der Waals surface area (Å²) in [7, 11) is 0. The van der Waals surface area contributed by atoms with Gasteiger partial charge in [0.1, 0.15) is 0 Å². The molecule has 0 fully saturated rings. The summed E-state index contributed by atoms with van der Waals surface area (Å²) in [4.78, 5) is 0. The van der Waals surface area contributed by atoms with Crippen molar-refractivity contribution in [3.63, 3.8) is 0 Å². The molecule has 0 aliphatic carbocycles. The second-order valence-corrected chi connectivity index (χ2v) is 28.0. The minimum atomic E-state index is -2.64. The normalized spacial score (nSPS) is 12.4. The number of benzene rings is 5. The number of hydrogen-bond acceptors (Lipinski definition) is 0. The van der Waals surface area contributed by atoms with E-state index in [0.717, 1.165) is 12.8 Å². The summed E-state index contributed by atoms with van der Waals surface area (Å²) in [5.74, 6) is 0. The number of aryl methyl sites for hydroxylation is 2. The minimum absolute atomic E-state index is 0.614. The van der Waals surface area contributed by atoms with Crippen LogP contribution in [0.5, 0.6) is 0 Å². The van der Waals surface area contributed by atoms with Gasteiger partial charge < -0.3 is 0 Å². The van der Waals surface area contributed by atoms with Crippen LogP contribution < -0.4 is 0 Å². The first-order valence-corrected chi connectivity index (χ1v) is 22.8. The molecule has 0 saturated carbocycles. The van der Waals surface area contributed by atoms with Gasteiger partial charge in [0.05, 0.1) is 0 Å². The molecule has 194 valence electrons. The molecule has 5 aromatic rings. The largest absolute Gasteiger partial charge is 0.341 e. The lowest BCUT2D eigenvalue weighted by molar-refractivity contribution is 1.13. The van der Waals surface area contributed by atoms with E-state index in [1.807, 2.05) is 0 Å². The molecule has 0 nitrogen and oxygen atoms in total. The summed E-state index contributed by atoms with van der Waals surface area (Å²) >= 11 is 36.6. The Balaban J connectivity index is 1.61. The van der Waals surface area contributed by atoms with Crippen LogP contribution in [0.2, 0.25) is 12.1 Å². The van der Waals surface area contributed by atoms with Crippen molar-refractivity contribution in [1.82, 2.24) is 0 Å². The van der Waals surface area contributed by atoms with E-state index in [1.165, 1.54) is 54.9 Å². The fourth-order valence-corrected chi connectivity index (χ4v) is 7.84. The summed E-state index contributed by atoms with van der Waals surface area (Å²) < 4.78 is 0. The van der Waals surface area contributed by atoms with Crippen LogP contribution in [0.25, 0.3) is 43.8 Å². The zero-order valence-electron chi connectivity index (χ0n) is 20.3. The molecule has 0 saturated heterocycles. The predicted octanol–water partition coefficient (Wildman–Crippen LogP) is 11.7. The zero-order valence-corrected chi connectivity index (χ0v) is 26.9. The first-order chi connectivity index (χ1) is 18.1. The maximum atomic E-state index is 6.10. The van der Waals surface area contributed by atoms with Crippen LogP contribution in [0.1, 0.15) is 11.1 Å². The van der Waals surface area contributed by atoms with Gasteiger partial charge in [-0.25, -0.2) is 0 Å². The molecule has 0 unspecified atom stereocenters. The van der Waals surface area contributed by atoms with Crippen LogP contribution in [-0.4, -0.2) is 12.0 Å². The van der Waals surface area contributed by atoms with Gasteiger partial charge in [-0.15, -0.1) is 66.5 Å². The van der Waals surface area contributed by atoms with Crippen LogP contribution in [-0.2, 0) is 12.8 Å². The predicted molar refractivity (Wildman–Crippen MR) is 176 cm³/mol. The Morgan fingerprint density at radius 3 is 0.947 bits per heavy atom. The summed E-state index contributed by atoms with van der Waals surface area (Å²) in [5.41, 5.74) is 7.15. The van der Waals surface area contributed by atoms with Crippen LogP contribution in [0.4, 0.5) is 0 Å². The fraction of sp³-hybridized carbons (Fsp3) is 0.133. The molecule has 0 spiro atoms. The Morgan fingerprint density at radius 1 is 0.395 bits per heavy atom. The third-order valence-electron chi connectivity index (χ3n) is 6.81. The van der Waals surface area contributed by atoms with Crippen molar-refractivity contribution in [2.75, 3.05) is 0 Å². The summed E-state index contributed by atoms with van der Waals surface area (Å²) in [6, 6.07) is 30.5. The van der Waals surface area contributed by atoms with E-state index in [1.54, 1.807) is 0 Å². The van der Waals surface area contributed by atoms with Crippen molar-refractivity contribution < 1.29 is 0 Å². The van der Waals surface area contributed by atoms with Gasteiger partial charge in [0.15, 0.2) is 0 Å². The molecule has 0 atom stereocenters. The van der Waals surface area contributed by atoms with E-state index in [0.29, 0.717) is 12.1 Å². The van der Waals surface area contributed by atoms with E-state index >= 15 is 0 Å². The smallest absolute Gasteiger partial charge is 0.126 e. The minimum Gasteiger partial charge on any atom is -0.126 e. The van der Waals surface area contributed by atoms with Gasteiger partial charge in [-0.2, -0.15) is 0 Å². The molecule has 0 aromatic heterocycles. The van der Waals surface area contributed by atoms with Gasteiger partial charge in [0.25, 0.3) is 0 Å². The van der Waals surface area contributed by atoms with Gasteiger partial charge in [0.2, 0.25) is 0 Å². The summed E-state index contributed by atoms with van der Waals surface area (Å²) in [6.45, 7) is 0. The van der Waals surface area contributed by atoms with Crippen LogP contribution >= 0.6 is 66.5 Å². The fourth-order valence-electron chi connectivity index (χ4n) is 5.00. The molecular weight excluding hydrogens is 629 g/mol. The Morgan fingerprint density at radius 2 is 0.684 bits per heavy atom. The van der Waals surface area contributed by atoms with Crippen LogP contribution in [0.15, 0.2) is 97.1 Å². The van der Waals surface area contributed by atoms with Crippen molar-refractivity contribution in [1.29, 1.82) is 0 Å². The van der Waals surface area contributed by atoms with Gasteiger partial charge in [-0.1, -0.05) is 97.1 Å². The SMILES string of the molecule is Cl[Si](Cl)(Cl)CCc1ccc(-c2c3ccccc3c(-c3ccc(CC[Si](Cl)(Cl)Cl)cc3)c3ccccc23)cc1. The Labute approximate surface area is 253 Å². The molecule has 0 aliphatic heterocycles. The van der Waals surface area contributed by atoms with E-state index in [9.17, 15) is 0 Å². The first-order valence-electron chi connectivity index (χ1n) is 12.3. The van der Waals surface area contributed by atoms with Gasteiger partial charge >= 0.3 is 12.0 Å². The first kappa shape index (κ1) is 28.3. The summed E-state index contributed by atoms with van der Waals surface area (Å²) in [5, 5.41) is 4.87. The lowest BCUT2D eigenvalue weighted by atomic mass is 9.85. The van der Waals surface area contributed by atoms with E-state index in [2.05, 4.69) is 97.1 Å². The molecule has 38 heavy (non-hydrogen) atoms. The number of rotatable bonds is 8. The Kier molecular flexibility index (Phi) is 8.74. The third kappa shape index (κ3) is 6.74. The molecule has 0 radical (unpaired) electrons. The lowest BCUT2D eigenvalue weighted by Crippen LogP contribution is -2.09. The molecule has 0 amide bonds. The average Bonchev–Trinajstić information content (AvgIpc) is 2.89. The maximum absolute atomic E-state index is 6.10. The highest BCUT2D eigenvalue weighted by Gasteiger charge is 2.25. The molecule has 8 heteroatoms. The monoisotopic (exact) mass is 650 g/mol. The standard InChI is InChI=1S/C30H24Cl6Si2/c31-37(32,33)19-17-21-9-13-23(14-10-21)29-25-5-1-2-6-26(25)30(28-8-4-3-7-27(28)29)24-15-11-22(12-16-24)18-20-38(34,35)36/h1-16H,17-20H2. The molecule has 5 aromatic carbocycles. The topological polar surface area (TPSA) is 0 Å². The van der Waals surface area contributed by atoms with Crippen molar-refractivity contribution in [3.05, 3.63) is 108 Å². The number of hydrogen-bond donors (Lipinski definition) is 0. The Hall–Kier alpha value is -1.21. The average molecular weight is 653 g/mol. The highest BCUT2D eigenvalue weighted by Crippen LogP contribution is 2.43. The van der Waals surface area contributed by atoms with Crippen molar-refractivity contribution in [2.24, 2.45) is 0 Å². The molecule has 5 rings (SSSR count). The molecule has 0 heterocycles. The van der Waals surface area contributed by atoms with Crippen LogP contribution in [0, 0.1) is 0 Å². The molecule has 0 N–H and O–H groups in total. The van der Waals surface area contributed by atoms with Crippen molar-refractivity contribution >= 4 is 100 Å². The van der Waals surface area contributed by atoms with Gasteiger partial charge in [-0.3, -0.25) is 0 Å². The van der Waals surface area contributed by atoms with Crippen molar-refractivity contribution in [2.45, 2.75) is 24.9 Å². The number of fused-ring (bicyclic) bond motifs is 2. The molecular formula is C30H24Cl6Si2. The third-order valence-corrected chi connectivity index (χ3v) is 11.8. The maximum Gasteiger partial charge on any atom is 0.341 e. The second kappa shape index (κ2) is 11.7. The highest BCUT2D eigenvalue weighted by molar-refractivity contribution is 7.65. The lowest BCUT2D eigenvalue weighted by Gasteiger charge is -2.18. The van der Waals surface area contributed by atoms with Gasteiger partial charge in [-0.05, 0) is 79.9 Å². The quantitative estimate of drug-likeness (QED) is 0.0888. The molecule has 0 bridgehead atoms. The van der Waals surface area contributed by atoms with E-state index in [-0.39, 0.29) is 0 Å². The zero-order chi connectivity index (χ0) is 26.9. The summed E-state index contributed by atoms with van der Waals surface area (Å²) in [6.07, 6.45) is 1.53. The molecule has 0 aliphatic rings. The van der Waals surface area contributed by atoms with Crippen molar-refractivity contribution in [3.8, 4) is 22.3 Å². The Bertz CT molecular complexity index is 1390. The van der Waals surface area contributed by atoms with Gasteiger partial charge in [0, 0.05) is 0 Å². The van der Waals surface area contributed by atoms with E-state index < -0.39 is 12.0 Å².